The predicted molar refractivity (Wildman–Crippen MR) is 80.0 cm³/mol. The first-order chi connectivity index (χ1) is 10.7. The molecule has 2 aliphatic heterocycles. The van der Waals surface area contributed by atoms with E-state index >= 15 is 0 Å². The number of amides is 1. The number of rotatable bonds is 3. The smallest absolute Gasteiger partial charge is 0.246 e. The zero-order valence-corrected chi connectivity index (χ0v) is 12.5. The van der Waals surface area contributed by atoms with E-state index in [1.807, 2.05) is 12.1 Å². The minimum Gasteiger partial charge on any atom is -0.366 e. The van der Waals surface area contributed by atoms with Crippen molar-refractivity contribution in [2.24, 2.45) is 5.92 Å². The first-order valence-electron chi connectivity index (χ1n) is 8.08. The highest BCUT2D eigenvalue weighted by Crippen LogP contribution is 2.38. The molecule has 1 saturated carbocycles. The van der Waals surface area contributed by atoms with Crippen molar-refractivity contribution in [3.05, 3.63) is 35.6 Å². The fourth-order valence-electron chi connectivity index (χ4n) is 3.73. The Hall–Kier alpha value is -1.46. The number of hydrogen-bond acceptors (Lipinski definition) is 3. The van der Waals surface area contributed by atoms with Crippen molar-refractivity contribution in [1.29, 1.82) is 0 Å². The number of likely N-dealkylation sites (tertiary alicyclic amines) is 1. The van der Waals surface area contributed by atoms with Gasteiger partial charge in [0, 0.05) is 25.6 Å². The van der Waals surface area contributed by atoms with Gasteiger partial charge in [-0.25, -0.2) is 4.39 Å². The molecule has 2 saturated heterocycles. The molecule has 4 rings (SSSR count). The number of ether oxygens (including phenoxy) is 1. The van der Waals surface area contributed by atoms with Gasteiger partial charge in [0.25, 0.3) is 0 Å². The molecule has 3 fully saturated rings. The highest BCUT2D eigenvalue weighted by molar-refractivity contribution is 5.77. The molecule has 0 spiro atoms. The molecule has 0 bridgehead atoms. The van der Waals surface area contributed by atoms with Crippen LogP contribution in [0.25, 0.3) is 0 Å². The van der Waals surface area contributed by atoms with E-state index in [2.05, 4.69) is 10.2 Å². The number of nitrogens with zero attached hydrogens (tertiary/aromatic N) is 1. The highest BCUT2D eigenvalue weighted by atomic mass is 19.1. The first-order valence-corrected chi connectivity index (χ1v) is 8.08. The van der Waals surface area contributed by atoms with Crippen LogP contribution in [0.3, 0.4) is 0 Å². The van der Waals surface area contributed by atoms with Crippen molar-refractivity contribution in [1.82, 2.24) is 10.2 Å². The standard InChI is InChI=1S/C17H21FN2O2/c18-13-5-3-12(4-6-13)14-9-20(8-11-1-2-11)15-7-19-16(21)10-22-17(14)15/h3-6,11,14-15,17H,1-2,7-10H2,(H,19,21)/t14-,15-,17-/m1/s1. The lowest BCUT2D eigenvalue weighted by Gasteiger charge is -2.26. The van der Waals surface area contributed by atoms with Gasteiger partial charge in [0.15, 0.2) is 0 Å². The summed E-state index contributed by atoms with van der Waals surface area (Å²) in [6.45, 7) is 2.77. The summed E-state index contributed by atoms with van der Waals surface area (Å²) in [6, 6.07) is 6.94. The summed E-state index contributed by atoms with van der Waals surface area (Å²) >= 11 is 0. The molecule has 3 aliphatic rings. The lowest BCUT2D eigenvalue weighted by Crippen LogP contribution is -2.43. The highest BCUT2D eigenvalue weighted by Gasteiger charge is 2.45. The molecule has 2 heterocycles. The van der Waals surface area contributed by atoms with Crippen LogP contribution < -0.4 is 5.32 Å². The molecule has 1 aliphatic carbocycles. The number of carbonyl (C=O) groups is 1. The average molecular weight is 304 g/mol. The molecule has 1 aromatic rings. The molecule has 0 aromatic heterocycles. The molecular formula is C17H21FN2O2. The van der Waals surface area contributed by atoms with Crippen LogP contribution in [0, 0.1) is 11.7 Å². The van der Waals surface area contributed by atoms with Gasteiger partial charge in [-0.3, -0.25) is 9.69 Å². The van der Waals surface area contributed by atoms with Gasteiger partial charge in [-0.1, -0.05) is 12.1 Å². The van der Waals surface area contributed by atoms with E-state index in [9.17, 15) is 9.18 Å². The third kappa shape index (κ3) is 2.75. The van der Waals surface area contributed by atoms with Gasteiger partial charge in [-0.15, -0.1) is 0 Å². The zero-order chi connectivity index (χ0) is 15.1. The van der Waals surface area contributed by atoms with Crippen molar-refractivity contribution in [2.45, 2.75) is 30.9 Å². The summed E-state index contributed by atoms with van der Waals surface area (Å²) in [7, 11) is 0. The first kappa shape index (κ1) is 14.2. The van der Waals surface area contributed by atoms with E-state index in [1.165, 1.54) is 25.0 Å². The summed E-state index contributed by atoms with van der Waals surface area (Å²) in [5.74, 6) is 0.744. The normalized spacial score (nSPS) is 32.4. The summed E-state index contributed by atoms with van der Waals surface area (Å²) in [4.78, 5) is 14.1. The Kier molecular flexibility index (Phi) is 3.62. The van der Waals surface area contributed by atoms with E-state index in [0.29, 0.717) is 6.54 Å². The molecule has 1 amide bonds. The van der Waals surface area contributed by atoms with Gasteiger partial charge in [0.2, 0.25) is 5.91 Å². The van der Waals surface area contributed by atoms with Crippen LogP contribution in [0.4, 0.5) is 4.39 Å². The zero-order valence-electron chi connectivity index (χ0n) is 12.5. The quantitative estimate of drug-likeness (QED) is 0.920. The second-order valence-corrected chi connectivity index (χ2v) is 6.70. The maximum Gasteiger partial charge on any atom is 0.246 e. The van der Waals surface area contributed by atoms with Crippen molar-refractivity contribution in [2.75, 3.05) is 26.2 Å². The maximum atomic E-state index is 13.2. The topological polar surface area (TPSA) is 41.6 Å². The molecule has 5 heteroatoms. The van der Waals surface area contributed by atoms with E-state index in [1.54, 1.807) is 0 Å². The maximum absolute atomic E-state index is 13.2. The molecular weight excluding hydrogens is 283 g/mol. The fourth-order valence-corrected chi connectivity index (χ4v) is 3.73. The molecule has 0 unspecified atom stereocenters. The summed E-state index contributed by atoms with van der Waals surface area (Å²) in [5, 5.41) is 2.96. The molecule has 4 nitrogen and oxygen atoms in total. The molecule has 22 heavy (non-hydrogen) atoms. The van der Waals surface area contributed by atoms with Crippen molar-refractivity contribution >= 4 is 5.91 Å². The van der Waals surface area contributed by atoms with Gasteiger partial charge >= 0.3 is 0 Å². The summed E-state index contributed by atoms with van der Waals surface area (Å²) in [5.41, 5.74) is 1.10. The fraction of sp³-hybridized carbons (Fsp3) is 0.588. The molecule has 118 valence electrons. The minimum atomic E-state index is -0.216. The number of nitrogens with one attached hydrogen (secondary N) is 1. The summed E-state index contributed by atoms with van der Waals surface area (Å²) in [6.07, 6.45) is 2.62. The Bertz CT molecular complexity index is 558. The third-order valence-electron chi connectivity index (χ3n) is 5.08. The van der Waals surface area contributed by atoms with E-state index in [0.717, 1.165) is 24.6 Å². The Labute approximate surface area is 129 Å². The molecule has 3 atom stereocenters. The monoisotopic (exact) mass is 304 g/mol. The van der Waals surface area contributed by atoms with Crippen molar-refractivity contribution in [3.8, 4) is 0 Å². The van der Waals surface area contributed by atoms with Gasteiger partial charge in [-0.05, 0) is 36.5 Å². The Morgan fingerprint density at radius 2 is 2.05 bits per heavy atom. The van der Waals surface area contributed by atoms with Crippen LogP contribution in [0.5, 0.6) is 0 Å². The molecule has 1 aromatic carbocycles. The second kappa shape index (κ2) is 5.63. The SMILES string of the molecule is O=C1CO[C@@H]2[C@@H](c3ccc(F)cc3)CN(CC3CC3)[C@@H]2CN1. The Morgan fingerprint density at radius 3 is 2.77 bits per heavy atom. The Morgan fingerprint density at radius 1 is 1.27 bits per heavy atom. The Balaban J connectivity index is 1.59. The van der Waals surface area contributed by atoms with E-state index in [-0.39, 0.29) is 36.4 Å². The number of carbonyl (C=O) groups excluding carboxylic acids is 1. The van der Waals surface area contributed by atoms with Crippen molar-refractivity contribution < 1.29 is 13.9 Å². The van der Waals surface area contributed by atoms with E-state index in [4.69, 9.17) is 4.74 Å². The lowest BCUT2D eigenvalue weighted by atomic mass is 9.93. The van der Waals surface area contributed by atoms with Gasteiger partial charge in [0.1, 0.15) is 12.4 Å². The minimum absolute atomic E-state index is 0.00293. The lowest BCUT2D eigenvalue weighted by molar-refractivity contribution is -0.125. The molecule has 0 radical (unpaired) electrons. The van der Waals surface area contributed by atoms with Gasteiger partial charge in [0.05, 0.1) is 12.1 Å². The average Bonchev–Trinajstić information content (AvgIpc) is 3.28. The number of benzene rings is 1. The van der Waals surface area contributed by atoms with Gasteiger partial charge in [-0.2, -0.15) is 0 Å². The van der Waals surface area contributed by atoms with Crippen LogP contribution >= 0.6 is 0 Å². The summed E-state index contributed by atoms with van der Waals surface area (Å²) < 4.78 is 19.1. The van der Waals surface area contributed by atoms with Crippen LogP contribution in [-0.4, -0.2) is 49.2 Å². The third-order valence-corrected chi connectivity index (χ3v) is 5.08. The second-order valence-electron chi connectivity index (χ2n) is 6.70. The van der Waals surface area contributed by atoms with Crippen LogP contribution in [0.1, 0.15) is 24.3 Å². The number of halogens is 1. The predicted octanol–water partition coefficient (Wildman–Crippen LogP) is 1.52. The number of fused-ring (bicyclic) bond motifs is 1. The van der Waals surface area contributed by atoms with Crippen LogP contribution in [0.2, 0.25) is 0 Å². The van der Waals surface area contributed by atoms with Crippen molar-refractivity contribution in [3.63, 3.8) is 0 Å². The van der Waals surface area contributed by atoms with Crippen LogP contribution in [-0.2, 0) is 9.53 Å². The largest absolute Gasteiger partial charge is 0.366 e. The van der Waals surface area contributed by atoms with Gasteiger partial charge < -0.3 is 10.1 Å². The number of hydrogen-bond donors (Lipinski definition) is 1. The molecule has 1 N–H and O–H groups in total. The van der Waals surface area contributed by atoms with Crippen LogP contribution in [0.15, 0.2) is 24.3 Å². The van der Waals surface area contributed by atoms with E-state index < -0.39 is 0 Å².